The molecule has 1 aliphatic rings. The molecule has 2 rings (SSSR count). The first-order valence-electron chi connectivity index (χ1n) is 7.33. The minimum absolute atomic E-state index is 0.0256. The number of carbonyl (C=O) groups is 2. The molecule has 1 heterocycles. The van der Waals surface area contributed by atoms with Crippen LogP contribution < -0.4 is 5.32 Å². The molecule has 0 radical (unpaired) electrons. The van der Waals surface area contributed by atoms with E-state index >= 15 is 0 Å². The minimum atomic E-state index is -0.568. The number of rotatable bonds is 6. The molecular formula is C16H22N2O3. The average Bonchev–Trinajstić information content (AvgIpc) is 2.50. The highest BCUT2D eigenvalue weighted by Gasteiger charge is 2.40. The van der Waals surface area contributed by atoms with Gasteiger partial charge in [-0.1, -0.05) is 43.7 Å². The first-order valence-corrected chi connectivity index (χ1v) is 7.33. The Morgan fingerprint density at radius 2 is 1.95 bits per heavy atom. The number of carbonyl (C=O) groups excluding carboxylic acids is 2. The van der Waals surface area contributed by atoms with Crippen molar-refractivity contribution in [2.45, 2.75) is 31.8 Å². The van der Waals surface area contributed by atoms with E-state index in [2.05, 4.69) is 5.32 Å². The Balaban J connectivity index is 2.28. The van der Waals surface area contributed by atoms with Crippen molar-refractivity contribution in [3.05, 3.63) is 35.9 Å². The fraction of sp³-hybridized carbons (Fsp3) is 0.500. The molecule has 1 aromatic rings. The van der Waals surface area contributed by atoms with Crippen molar-refractivity contribution in [1.82, 2.24) is 10.2 Å². The lowest BCUT2D eigenvalue weighted by Crippen LogP contribution is -2.59. The number of piperazine rings is 1. The van der Waals surface area contributed by atoms with Crippen LogP contribution in [0, 0.1) is 0 Å². The fourth-order valence-corrected chi connectivity index (χ4v) is 2.66. The van der Waals surface area contributed by atoms with E-state index in [1.54, 1.807) is 12.0 Å². The fourth-order valence-electron chi connectivity index (χ4n) is 2.66. The quantitative estimate of drug-likeness (QED) is 0.864. The van der Waals surface area contributed by atoms with Crippen molar-refractivity contribution in [1.29, 1.82) is 0 Å². The Hall–Kier alpha value is -1.88. The third kappa shape index (κ3) is 3.42. The van der Waals surface area contributed by atoms with Gasteiger partial charge in [-0.05, 0) is 12.0 Å². The topological polar surface area (TPSA) is 58.6 Å². The molecule has 0 saturated carbocycles. The molecule has 5 heteroatoms. The van der Waals surface area contributed by atoms with Crippen molar-refractivity contribution < 1.29 is 14.3 Å². The average molecular weight is 290 g/mol. The van der Waals surface area contributed by atoms with Crippen LogP contribution in [-0.2, 0) is 14.3 Å². The Bertz CT molecular complexity index is 490. The second-order valence-electron chi connectivity index (χ2n) is 5.19. The van der Waals surface area contributed by atoms with Gasteiger partial charge in [0.2, 0.25) is 11.8 Å². The Kier molecular flexibility index (Phi) is 5.33. The highest BCUT2D eigenvalue weighted by Crippen LogP contribution is 2.26. The number of nitrogens with one attached hydrogen (secondary N) is 1. The summed E-state index contributed by atoms with van der Waals surface area (Å²) >= 11 is 0. The van der Waals surface area contributed by atoms with Crippen LogP contribution >= 0.6 is 0 Å². The summed E-state index contributed by atoms with van der Waals surface area (Å²) in [5, 5.41) is 2.85. The molecule has 114 valence electrons. The maximum Gasteiger partial charge on any atom is 0.248 e. The van der Waals surface area contributed by atoms with Gasteiger partial charge in [0.1, 0.15) is 12.1 Å². The molecule has 1 N–H and O–H groups in total. The molecule has 1 aromatic carbocycles. The van der Waals surface area contributed by atoms with E-state index in [-0.39, 0.29) is 11.8 Å². The lowest BCUT2D eigenvalue weighted by molar-refractivity contribution is -0.150. The largest absolute Gasteiger partial charge is 0.383 e. The van der Waals surface area contributed by atoms with E-state index in [0.717, 1.165) is 12.0 Å². The molecule has 2 unspecified atom stereocenters. The SMILES string of the molecule is CCCC1NC(=O)C(c2ccccc2)N(CCOC)C1=O. The Morgan fingerprint density at radius 1 is 1.24 bits per heavy atom. The van der Waals surface area contributed by atoms with Gasteiger partial charge in [0.05, 0.1) is 6.61 Å². The van der Waals surface area contributed by atoms with E-state index in [0.29, 0.717) is 19.6 Å². The van der Waals surface area contributed by atoms with Crippen molar-refractivity contribution >= 4 is 11.8 Å². The van der Waals surface area contributed by atoms with Gasteiger partial charge in [-0.15, -0.1) is 0 Å². The maximum atomic E-state index is 12.6. The number of ether oxygens (including phenoxy) is 1. The molecule has 1 fully saturated rings. The normalized spacial score (nSPS) is 22.3. The third-order valence-electron chi connectivity index (χ3n) is 3.69. The Morgan fingerprint density at radius 3 is 2.57 bits per heavy atom. The van der Waals surface area contributed by atoms with Crippen LogP contribution in [0.4, 0.5) is 0 Å². The highest BCUT2D eigenvalue weighted by molar-refractivity contribution is 5.97. The zero-order chi connectivity index (χ0) is 15.2. The van der Waals surface area contributed by atoms with Gasteiger partial charge in [0.15, 0.2) is 0 Å². The Labute approximate surface area is 125 Å². The third-order valence-corrected chi connectivity index (χ3v) is 3.69. The summed E-state index contributed by atoms with van der Waals surface area (Å²) in [4.78, 5) is 26.7. The number of hydrogen-bond acceptors (Lipinski definition) is 3. The summed E-state index contributed by atoms with van der Waals surface area (Å²) in [7, 11) is 1.59. The zero-order valence-corrected chi connectivity index (χ0v) is 12.5. The van der Waals surface area contributed by atoms with Crippen LogP contribution in [0.15, 0.2) is 30.3 Å². The maximum absolute atomic E-state index is 12.6. The lowest BCUT2D eigenvalue weighted by Gasteiger charge is -2.39. The van der Waals surface area contributed by atoms with Gasteiger partial charge in [0.25, 0.3) is 0 Å². The summed E-state index contributed by atoms with van der Waals surface area (Å²) in [5.74, 6) is -0.141. The molecule has 1 saturated heterocycles. The number of methoxy groups -OCH3 is 1. The van der Waals surface area contributed by atoms with Crippen LogP contribution in [0.2, 0.25) is 0 Å². The van der Waals surface area contributed by atoms with E-state index in [9.17, 15) is 9.59 Å². The second kappa shape index (κ2) is 7.22. The van der Waals surface area contributed by atoms with Crippen LogP contribution in [0.5, 0.6) is 0 Å². The molecule has 0 aliphatic carbocycles. The first-order chi connectivity index (χ1) is 10.2. The van der Waals surface area contributed by atoms with Crippen LogP contribution in [0.3, 0.4) is 0 Å². The summed E-state index contributed by atoms with van der Waals surface area (Å²) in [6.07, 6.45) is 1.51. The summed E-state index contributed by atoms with van der Waals surface area (Å²) in [6, 6.07) is 8.40. The monoisotopic (exact) mass is 290 g/mol. The van der Waals surface area contributed by atoms with E-state index in [1.165, 1.54) is 0 Å². The van der Waals surface area contributed by atoms with Gasteiger partial charge in [-0.25, -0.2) is 0 Å². The van der Waals surface area contributed by atoms with Gasteiger partial charge in [-0.3, -0.25) is 9.59 Å². The van der Waals surface area contributed by atoms with Crippen molar-refractivity contribution in [3.8, 4) is 0 Å². The summed E-state index contributed by atoms with van der Waals surface area (Å²) in [6.45, 7) is 2.84. The number of amides is 2. The van der Waals surface area contributed by atoms with Gasteiger partial charge >= 0.3 is 0 Å². The van der Waals surface area contributed by atoms with Crippen molar-refractivity contribution in [2.24, 2.45) is 0 Å². The lowest BCUT2D eigenvalue weighted by atomic mass is 9.98. The van der Waals surface area contributed by atoms with E-state index in [4.69, 9.17) is 4.74 Å². The molecular weight excluding hydrogens is 268 g/mol. The zero-order valence-electron chi connectivity index (χ0n) is 12.5. The molecule has 0 spiro atoms. The van der Waals surface area contributed by atoms with Crippen LogP contribution in [0.1, 0.15) is 31.4 Å². The predicted molar refractivity (Wildman–Crippen MR) is 79.6 cm³/mol. The van der Waals surface area contributed by atoms with Gasteiger partial charge in [0, 0.05) is 13.7 Å². The summed E-state index contributed by atoms with van der Waals surface area (Å²) < 4.78 is 5.08. The number of nitrogens with zero attached hydrogens (tertiary/aromatic N) is 1. The van der Waals surface area contributed by atoms with Crippen LogP contribution in [0.25, 0.3) is 0 Å². The van der Waals surface area contributed by atoms with Crippen molar-refractivity contribution in [3.63, 3.8) is 0 Å². The smallest absolute Gasteiger partial charge is 0.248 e. The number of hydrogen-bond donors (Lipinski definition) is 1. The molecule has 21 heavy (non-hydrogen) atoms. The van der Waals surface area contributed by atoms with Gasteiger partial charge < -0.3 is 15.0 Å². The molecule has 0 bridgehead atoms. The first kappa shape index (κ1) is 15.5. The van der Waals surface area contributed by atoms with Crippen molar-refractivity contribution in [2.75, 3.05) is 20.3 Å². The number of benzene rings is 1. The van der Waals surface area contributed by atoms with E-state index < -0.39 is 12.1 Å². The second-order valence-corrected chi connectivity index (χ2v) is 5.19. The van der Waals surface area contributed by atoms with Crippen LogP contribution in [-0.4, -0.2) is 43.0 Å². The molecule has 2 atom stereocenters. The standard InChI is InChI=1S/C16H22N2O3/c1-3-7-13-16(20)18(10-11-21-2)14(15(19)17-13)12-8-5-4-6-9-12/h4-6,8-9,13-14H,3,7,10-11H2,1-2H3,(H,17,19). The molecule has 2 amide bonds. The van der Waals surface area contributed by atoms with E-state index in [1.807, 2.05) is 37.3 Å². The summed E-state index contributed by atoms with van der Waals surface area (Å²) in [5.41, 5.74) is 0.828. The highest BCUT2D eigenvalue weighted by atomic mass is 16.5. The molecule has 0 aromatic heterocycles. The predicted octanol–water partition coefficient (Wildman–Crippen LogP) is 1.50. The van der Waals surface area contributed by atoms with Gasteiger partial charge in [-0.2, -0.15) is 0 Å². The molecule has 1 aliphatic heterocycles. The minimum Gasteiger partial charge on any atom is -0.383 e. The molecule has 5 nitrogen and oxygen atoms in total.